The summed E-state index contributed by atoms with van der Waals surface area (Å²) in [6.45, 7) is 0.433. The minimum atomic E-state index is 0.114. The lowest BCUT2D eigenvalue weighted by Crippen LogP contribution is -2.13. The fraction of sp³-hybridized carbons (Fsp3) is 0.600. The van der Waals surface area contributed by atoms with Crippen LogP contribution in [-0.4, -0.2) is 35.1 Å². The number of benzene rings is 1. The van der Waals surface area contributed by atoms with E-state index in [0.29, 0.717) is 12.3 Å². The Hall–Kier alpha value is -0.900. The first-order valence-electron chi connectivity index (χ1n) is 6.69. The molecule has 0 aromatic heterocycles. The van der Waals surface area contributed by atoms with E-state index in [-0.39, 0.29) is 25.7 Å². The summed E-state index contributed by atoms with van der Waals surface area (Å²) in [6.07, 6.45) is 3.19. The number of hydrogen-bond donors (Lipinski definition) is 3. The summed E-state index contributed by atoms with van der Waals surface area (Å²) in [7, 11) is 0. The standard InChI is InChI=1S/C15H24O3/c16-9-4-7-15(11-13(12-18)8-10-17)14-5-2-1-3-6-14/h1-3,5-6,13,15-18H,4,7-12H2. The normalized spacial score (nSPS) is 14.4. The maximum atomic E-state index is 9.32. The molecule has 0 spiro atoms. The fourth-order valence-corrected chi connectivity index (χ4v) is 2.35. The van der Waals surface area contributed by atoms with Crippen molar-refractivity contribution in [1.29, 1.82) is 0 Å². The van der Waals surface area contributed by atoms with E-state index in [0.717, 1.165) is 19.3 Å². The third kappa shape index (κ3) is 5.17. The molecule has 0 aliphatic heterocycles. The Bertz CT molecular complexity index is 300. The fourth-order valence-electron chi connectivity index (χ4n) is 2.35. The summed E-state index contributed by atoms with van der Waals surface area (Å²) < 4.78 is 0. The molecule has 0 saturated carbocycles. The zero-order chi connectivity index (χ0) is 13.2. The van der Waals surface area contributed by atoms with Gasteiger partial charge in [0, 0.05) is 19.8 Å². The topological polar surface area (TPSA) is 60.7 Å². The van der Waals surface area contributed by atoms with Gasteiger partial charge in [-0.15, -0.1) is 0 Å². The van der Waals surface area contributed by atoms with Crippen LogP contribution in [0.1, 0.15) is 37.2 Å². The molecule has 1 aromatic rings. The second kappa shape index (κ2) is 9.09. The van der Waals surface area contributed by atoms with Crippen LogP contribution in [-0.2, 0) is 0 Å². The maximum Gasteiger partial charge on any atom is 0.0460 e. The first-order valence-corrected chi connectivity index (χ1v) is 6.69. The molecule has 0 aliphatic carbocycles. The zero-order valence-corrected chi connectivity index (χ0v) is 10.8. The Morgan fingerprint density at radius 1 is 0.889 bits per heavy atom. The predicted molar refractivity (Wildman–Crippen MR) is 72.4 cm³/mol. The van der Waals surface area contributed by atoms with E-state index in [1.54, 1.807) is 0 Å². The lowest BCUT2D eigenvalue weighted by atomic mass is 9.85. The maximum absolute atomic E-state index is 9.32. The smallest absolute Gasteiger partial charge is 0.0460 e. The van der Waals surface area contributed by atoms with Crippen LogP contribution in [0.4, 0.5) is 0 Å². The average Bonchev–Trinajstić information content (AvgIpc) is 2.43. The Labute approximate surface area is 109 Å². The predicted octanol–water partition coefficient (Wildman–Crippen LogP) is 1.92. The van der Waals surface area contributed by atoms with Gasteiger partial charge in [0.25, 0.3) is 0 Å². The van der Waals surface area contributed by atoms with E-state index in [1.807, 2.05) is 18.2 Å². The first kappa shape index (κ1) is 15.2. The number of hydrogen-bond acceptors (Lipinski definition) is 3. The summed E-state index contributed by atoms with van der Waals surface area (Å²) in [4.78, 5) is 0. The summed E-state index contributed by atoms with van der Waals surface area (Å²) in [5, 5.41) is 27.3. The summed E-state index contributed by atoms with van der Waals surface area (Å²) in [5.74, 6) is 0.487. The highest BCUT2D eigenvalue weighted by molar-refractivity contribution is 5.19. The van der Waals surface area contributed by atoms with E-state index in [4.69, 9.17) is 10.2 Å². The van der Waals surface area contributed by atoms with E-state index in [1.165, 1.54) is 5.56 Å². The molecule has 0 radical (unpaired) electrons. The molecule has 2 unspecified atom stereocenters. The third-order valence-electron chi connectivity index (χ3n) is 3.40. The van der Waals surface area contributed by atoms with Crippen molar-refractivity contribution in [3.05, 3.63) is 35.9 Å². The van der Waals surface area contributed by atoms with Gasteiger partial charge in [-0.3, -0.25) is 0 Å². The molecule has 0 aliphatic rings. The van der Waals surface area contributed by atoms with E-state index in [2.05, 4.69) is 12.1 Å². The van der Waals surface area contributed by atoms with Gasteiger partial charge in [-0.1, -0.05) is 30.3 Å². The summed E-state index contributed by atoms with van der Waals surface area (Å²) in [6, 6.07) is 10.2. The van der Waals surface area contributed by atoms with Gasteiger partial charge in [0.15, 0.2) is 0 Å². The van der Waals surface area contributed by atoms with Gasteiger partial charge >= 0.3 is 0 Å². The molecule has 1 rings (SSSR count). The van der Waals surface area contributed by atoms with Crippen molar-refractivity contribution in [2.24, 2.45) is 5.92 Å². The van der Waals surface area contributed by atoms with Crippen LogP contribution in [0.25, 0.3) is 0 Å². The number of aliphatic hydroxyl groups excluding tert-OH is 3. The SMILES string of the molecule is OCCCC(CC(CO)CCO)c1ccccc1. The van der Waals surface area contributed by atoms with Crippen molar-refractivity contribution < 1.29 is 15.3 Å². The van der Waals surface area contributed by atoms with Gasteiger partial charge < -0.3 is 15.3 Å². The zero-order valence-electron chi connectivity index (χ0n) is 10.8. The first-order chi connectivity index (χ1) is 8.81. The highest BCUT2D eigenvalue weighted by Crippen LogP contribution is 2.29. The molecule has 0 bridgehead atoms. The van der Waals surface area contributed by atoms with Crippen molar-refractivity contribution in [2.45, 2.75) is 31.6 Å². The summed E-state index contributed by atoms with van der Waals surface area (Å²) >= 11 is 0. The Balaban J connectivity index is 2.65. The summed E-state index contributed by atoms with van der Waals surface area (Å²) in [5.41, 5.74) is 1.25. The van der Waals surface area contributed by atoms with Gasteiger partial charge in [0.1, 0.15) is 0 Å². The van der Waals surface area contributed by atoms with Crippen LogP contribution in [0.3, 0.4) is 0 Å². The lowest BCUT2D eigenvalue weighted by Gasteiger charge is -2.22. The molecule has 3 N–H and O–H groups in total. The largest absolute Gasteiger partial charge is 0.396 e. The van der Waals surface area contributed by atoms with E-state index in [9.17, 15) is 5.11 Å². The molecular formula is C15H24O3. The molecule has 3 nitrogen and oxygen atoms in total. The Morgan fingerprint density at radius 2 is 1.61 bits per heavy atom. The van der Waals surface area contributed by atoms with E-state index < -0.39 is 0 Å². The van der Waals surface area contributed by atoms with Crippen molar-refractivity contribution in [1.82, 2.24) is 0 Å². The van der Waals surface area contributed by atoms with E-state index >= 15 is 0 Å². The van der Waals surface area contributed by atoms with Gasteiger partial charge in [0.2, 0.25) is 0 Å². The molecule has 0 heterocycles. The van der Waals surface area contributed by atoms with Crippen LogP contribution >= 0.6 is 0 Å². The van der Waals surface area contributed by atoms with Crippen molar-refractivity contribution in [3.8, 4) is 0 Å². The molecule has 2 atom stereocenters. The van der Waals surface area contributed by atoms with Crippen molar-refractivity contribution >= 4 is 0 Å². The van der Waals surface area contributed by atoms with Gasteiger partial charge in [-0.25, -0.2) is 0 Å². The molecule has 102 valence electrons. The minimum absolute atomic E-state index is 0.114. The minimum Gasteiger partial charge on any atom is -0.396 e. The number of aliphatic hydroxyl groups is 3. The molecule has 0 fully saturated rings. The molecule has 3 heteroatoms. The van der Waals surface area contributed by atoms with Gasteiger partial charge in [-0.2, -0.15) is 0 Å². The highest BCUT2D eigenvalue weighted by Gasteiger charge is 2.17. The molecule has 0 amide bonds. The van der Waals surface area contributed by atoms with Crippen molar-refractivity contribution in [2.75, 3.05) is 19.8 Å². The quantitative estimate of drug-likeness (QED) is 0.629. The average molecular weight is 252 g/mol. The second-order valence-corrected chi connectivity index (χ2v) is 4.77. The lowest BCUT2D eigenvalue weighted by molar-refractivity contribution is 0.168. The van der Waals surface area contributed by atoms with Crippen LogP contribution in [0.2, 0.25) is 0 Å². The van der Waals surface area contributed by atoms with Crippen LogP contribution in [0.15, 0.2) is 30.3 Å². The Kier molecular flexibility index (Phi) is 7.65. The second-order valence-electron chi connectivity index (χ2n) is 4.77. The number of rotatable bonds is 9. The third-order valence-corrected chi connectivity index (χ3v) is 3.40. The molecule has 18 heavy (non-hydrogen) atoms. The highest BCUT2D eigenvalue weighted by atomic mass is 16.3. The van der Waals surface area contributed by atoms with Crippen LogP contribution < -0.4 is 0 Å². The van der Waals surface area contributed by atoms with Crippen molar-refractivity contribution in [3.63, 3.8) is 0 Å². The molecule has 1 aromatic carbocycles. The van der Waals surface area contributed by atoms with Crippen LogP contribution in [0.5, 0.6) is 0 Å². The molecule has 0 saturated heterocycles. The Morgan fingerprint density at radius 3 is 2.17 bits per heavy atom. The van der Waals surface area contributed by atoms with Gasteiger partial charge in [0.05, 0.1) is 0 Å². The molecular weight excluding hydrogens is 228 g/mol. The van der Waals surface area contributed by atoms with Gasteiger partial charge in [-0.05, 0) is 43.1 Å². The van der Waals surface area contributed by atoms with Crippen LogP contribution in [0, 0.1) is 5.92 Å². The monoisotopic (exact) mass is 252 g/mol.